The van der Waals surface area contributed by atoms with Gasteiger partial charge in [0.05, 0.1) is 25.6 Å². The minimum Gasteiger partial charge on any atom is -0.497 e. The van der Waals surface area contributed by atoms with Gasteiger partial charge in [-0.25, -0.2) is 4.98 Å². The first kappa shape index (κ1) is 26.2. The van der Waals surface area contributed by atoms with Gasteiger partial charge in [-0.05, 0) is 37.3 Å². The molecule has 1 unspecified atom stereocenters. The zero-order valence-electron chi connectivity index (χ0n) is 20.2. The van der Waals surface area contributed by atoms with E-state index in [2.05, 4.69) is 28.2 Å². The normalized spacial score (nSPS) is 12.4. The van der Waals surface area contributed by atoms with Crippen molar-refractivity contribution in [2.24, 2.45) is 5.73 Å². The van der Waals surface area contributed by atoms with Crippen LogP contribution in [0.15, 0.2) is 60.7 Å². The lowest BCUT2D eigenvalue weighted by Gasteiger charge is -2.19. The molecule has 35 heavy (non-hydrogen) atoms. The molecule has 0 aliphatic heterocycles. The predicted octanol–water partition coefficient (Wildman–Crippen LogP) is 3.52. The molecule has 1 amide bonds. The summed E-state index contributed by atoms with van der Waals surface area (Å²) in [4.78, 5) is 17.5. The molecule has 2 atom stereocenters. The van der Waals surface area contributed by atoms with Crippen molar-refractivity contribution < 1.29 is 19.0 Å². The molecule has 0 bridgehead atoms. The van der Waals surface area contributed by atoms with Gasteiger partial charge in [0.2, 0.25) is 5.88 Å². The third-order valence-electron chi connectivity index (χ3n) is 5.32. The Morgan fingerprint density at radius 1 is 1.09 bits per heavy atom. The van der Waals surface area contributed by atoms with Crippen LogP contribution in [0, 0.1) is 0 Å². The van der Waals surface area contributed by atoms with Crippen molar-refractivity contribution in [1.29, 1.82) is 0 Å². The average Bonchev–Trinajstić information content (AvgIpc) is 2.90. The fourth-order valence-electron chi connectivity index (χ4n) is 3.31. The van der Waals surface area contributed by atoms with E-state index in [4.69, 9.17) is 19.9 Å². The van der Waals surface area contributed by atoms with Crippen molar-refractivity contribution in [2.45, 2.75) is 25.6 Å². The van der Waals surface area contributed by atoms with Crippen LogP contribution in [0.1, 0.15) is 12.5 Å². The lowest BCUT2D eigenvalue weighted by Crippen LogP contribution is -2.36. The summed E-state index contributed by atoms with van der Waals surface area (Å²) in [5.74, 6) is 1.89. The summed E-state index contributed by atoms with van der Waals surface area (Å²) in [5, 5.41) is 6.14. The number of anilines is 1. The van der Waals surface area contributed by atoms with Gasteiger partial charge >= 0.3 is 0 Å². The van der Waals surface area contributed by atoms with Crippen LogP contribution in [-0.4, -0.2) is 49.6 Å². The van der Waals surface area contributed by atoms with Crippen LogP contribution in [0.2, 0.25) is 0 Å². The molecule has 1 aromatic heterocycles. The molecule has 0 aliphatic carbocycles. The number of hydrogen-bond donors (Lipinski definition) is 4. The van der Waals surface area contributed by atoms with E-state index in [0.717, 1.165) is 16.8 Å². The van der Waals surface area contributed by atoms with E-state index in [1.165, 1.54) is 0 Å². The van der Waals surface area contributed by atoms with Crippen molar-refractivity contribution in [3.05, 3.63) is 66.2 Å². The number of pyridine rings is 1. The molecule has 3 aromatic rings. The topological polar surface area (TPSA) is 108 Å². The highest BCUT2D eigenvalue weighted by Gasteiger charge is 2.19. The number of thiol groups is 1. The van der Waals surface area contributed by atoms with Gasteiger partial charge in [-0.1, -0.05) is 30.3 Å². The number of aromatic nitrogens is 1. The second-order valence-corrected chi connectivity index (χ2v) is 8.26. The molecule has 0 aliphatic rings. The molecule has 0 fully saturated rings. The van der Waals surface area contributed by atoms with Crippen molar-refractivity contribution in [3.8, 4) is 28.6 Å². The molecule has 0 saturated heterocycles. The van der Waals surface area contributed by atoms with Crippen LogP contribution in [0.3, 0.4) is 0 Å². The summed E-state index contributed by atoms with van der Waals surface area (Å²) >= 11 is 4.23. The summed E-state index contributed by atoms with van der Waals surface area (Å²) in [6.45, 7) is 2.42. The standard InChI is InChI=1S/C26H32N4O4S/c1-17(25(31)29-14-19-13-21(32-2)9-12-24(19)33-3)34-26-23(28-15-20(27)16-35)11-10-22(30-26)18-7-5-4-6-8-18/h4-13,17,20,28,35H,14-16,27H2,1-3H3,(H,29,31)/t17-,20?/m1/s1. The number of rotatable bonds is 12. The molecule has 3 rings (SSSR count). The largest absolute Gasteiger partial charge is 0.497 e. The molecule has 1 heterocycles. The van der Waals surface area contributed by atoms with E-state index in [1.807, 2.05) is 48.5 Å². The Kier molecular flexibility index (Phi) is 9.63. The first-order valence-corrected chi connectivity index (χ1v) is 11.9. The number of amides is 1. The minimum atomic E-state index is -0.802. The summed E-state index contributed by atoms with van der Waals surface area (Å²) in [5.41, 5.74) is 9.11. The van der Waals surface area contributed by atoms with Crippen molar-refractivity contribution >= 4 is 24.2 Å². The summed E-state index contributed by atoms with van der Waals surface area (Å²) in [6, 6.07) is 18.8. The molecular weight excluding hydrogens is 464 g/mol. The number of ether oxygens (including phenoxy) is 3. The molecule has 8 nitrogen and oxygen atoms in total. The highest BCUT2D eigenvalue weighted by molar-refractivity contribution is 7.80. The molecule has 186 valence electrons. The number of carbonyl (C=O) groups excluding carboxylic acids is 1. The second kappa shape index (κ2) is 12.9. The first-order chi connectivity index (χ1) is 16.9. The molecular formula is C26H32N4O4S. The Morgan fingerprint density at radius 3 is 2.54 bits per heavy atom. The predicted molar refractivity (Wildman–Crippen MR) is 141 cm³/mol. The van der Waals surface area contributed by atoms with E-state index in [-0.39, 0.29) is 18.5 Å². The Bertz CT molecular complexity index is 1110. The van der Waals surface area contributed by atoms with Gasteiger partial charge in [-0.3, -0.25) is 4.79 Å². The molecule has 0 saturated carbocycles. The molecule has 4 N–H and O–H groups in total. The SMILES string of the molecule is COc1ccc(OC)c(CNC(=O)[C@@H](C)Oc2nc(-c3ccccc3)ccc2NCC(N)CS)c1. The average molecular weight is 497 g/mol. The van der Waals surface area contributed by atoms with Gasteiger partial charge in [-0.15, -0.1) is 0 Å². The number of benzene rings is 2. The number of hydrogen-bond acceptors (Lipinski definition) is 8. The Morgan fingerprint density at radius 2 is 1.86 bits per heavy atom. The van der Waals surface area contributed by atoms with Crippen LogP contribution in [0.4, 0.5) is 5.69 Å². The van der Waals surface area contributed by atoms with Crippen LogP contribution in [-0.2, 0) is 11.3 Å². The molecule has 9 heteroatoms. The van der Waals surface area contributed by atoms with Crippen LogP contribution < -0.4 is 30.6 Å². The van der Waals surface area contributed by atoms with Crippen molar-refractivity contribution in [2.75, 3.05) is 31.8 Å². The Balaban J connectivity index is 1.75. The van der Waals surface area contributed by atoms with Gasteiger partial charge in [0.25, 0.3) is 5.91 Å². The van der Waals surface area contributed by atoms with Gasteiger partial charge < -0.3 is 30.6 Å². The van der Waals surface area contributed by atoms with E-state index in [1.54, 1.807) is 33.3 Å². The van der Waals surface area contributed by atoms with E-state index >= 15 is 0 Å². The highest BCUT2D eigenvalue weighted by atomic mass is 32.1. The van der Waals surface area contributed by atoms with Crippen LogP contribution in [0.5, 0.6) is 17.4 Å². The zero-order valence-corrected chi connectivity index (χ0v) is 21.0. The lowest BCUT2D eigenvalue weighted by molar-refractivity contribution is -0.127. The number of nitrogens with one attached hydrogen (secondary N) is 2. The third kappa shape index (κ3) is 7.27. The third-order valence-corrected chi connectivity index (χ3v) is 5.79. The summed E-state index contributed by atoms with van der Waals surface area (Å²) in [7, 11) is 3.17. The van der Waals surface area contributed by atoms with Gasteiger partial charge in [-0.2, -0.15) is 12.6 Å². The highest BCUT2D eigenvalue weighted by Crippen LogP contribution is 2.28. The zero-order chi connectivity index (χ0) is 25.2. The summed E-state index contributed by atoms with van der Waals surface area (Å²) < 4.78 is 16.7. The Hall–Kier alpha value is -3.43. The van der Waals surface area contributed by atoms with Gasteiger partial charge in [0.1, 0.15) is 11.5 Å². The molecule has 0 spiro atoms. The number of nitrogens with zero attached hydrogens (tertiary/aromatic N) is 1. The maximum Gasteiger partial charge on any atom is 0.261 e. The second-order valence-electron chi connectivity index (χ2n) is 7.89. The monoisotopic (exact) mass is 496 g/mol. The molecule has 0 radical (unpaired) electrons. The molecule has 2 aromatic carbocycles. The first-order valence-electron chi connectivity index (χ1n) is 11.3. The van der Waals surface area contributed by atoms with E-state index in [0.29, 0.717) is 35.4 Å². The van der Waals surface area contributed by atoms with Crippen LogP contribution >= 0.6 is 12.6 Å². The van der Waals surface area contributed by atoms with E-state index < -0.39 is 6.10 Å². The van der Waals surface area contributed by atoms with E-state index in [9.17, 15) is 4.79 Å². The van der Waals surface area contributed by atoms with Gasteiger partial charge in [0, 0.05) is 36.0 Å². The fraction of sp³-hybridized carbons (Fsp3) is 0.308. The van der Waals surface area contributed by atoms with Crippen LogP contribution in [0.25, 0.3) is 11.3 Å². The number of carbonyl (C=O) groups is 1. The number of methoxy groups -OCH3 is 2. The smallest absolute Gasteiger partial charge is 0.261 e. The fourth-order valence-corrected chi connectivity index (χ4v) is 3.44. The number of nitrogens with two attached hydrogens (primary N) is 1. The minimum absolute atomic E-state index is 0.140. The summed E-state index contributed by atoms with van der Waals surface area (Å²) in [6.07, 6.45) is -0.802. The maximum atomic E-state index is 12.9. The van der Waals surface area contributed by atoms with Gasteiger partial charge in [0.15, 0.2) is 6.10 Å². The maximum absolute atomic E-state index is 12.9. The quantitative estimate of drug-likeness (QED) is 0.284. The van der Waals surface area contributed by atoms with Crippen molar-refractivity contribution in [3.63, 3.8) is 0 Å². The Labute approximate surface area is 211 Å². The van der Waals surface area contributed by atoms with Crippen molar-refractivity contribution in [1.82, 2.24) is 10.3 Å². The lowest BCUT2D eigenvalue weighted by atomic mass is 10.1.